The van der Waals surface area contributed by atoms with E-state index in [0.717, 1.165) is 46.2 Å². The Hall–Kier alpha value is -3.32. The molecule has 3 N–H and O–H groups in total. The van der Waals surface area contributed by atoms with Crippen LogP contribution in [0.5, 0.6) is 0 Å². The Balaban J connectivity index is 1.65. The van der Waals surface area contributed by atoms with Crippen molar-refractivity contribution in [3.8, 4) is 0 Å². The average molecular weight is 600 g/mol. The van der Waals surface area contributed by atoms with Crippen molar-refractivity contribution < 1.29 is 23.1 Å². The largest absolute Gasteiger partial charge is 0.389 e. The highest BCUT2D eigenvalue weighted by molar-refractivity contribution is 7.92. The van der Waals surface area contributed by atoms with Gasteiger partial charge in [-0.1, -0.05) is 30.3 Å². The van der Waals surface area contributed by atoms with Crippen LogP contribution in [0.25, 0.3) is 0 Å². The first-order chi connectivity index (χ1) is 19.4. The Morgan fingerprint density at radius 3 is 2.49 bits per heavy atom. The number of sulfonamides is 1. The fourth-order valence-corrected chi connectivity index (χ4v) is 6.18. The van der Waals surface area contributed by atoms with Gasteiger partial charge in [0, 0.05) is 42.3 Å². The SMILES string of the molecule is Cc1csc(CN(C)C(=O)c2cc(C(=O)N[C@@H](Cc3ccccc3)[C@H](O)[C@H]3CCCN3)cc(N(C)S(C)(=O)=O)c2)n1. The maximum absolute atomic E-state index is 13.7. The second-order valence-corrected chi connectivity index (χ2v) is 13.5. The van der Waals surface area contributed by atoms with Crippen LogP contribution in [0.2, 0.25) is 0 Å². The molecule has 2 amide bonds. The molecule has 3 atom stereocenters. The van der Waals surface area contributed by atoms with Crippen molar-refractivity contribution in [2.45, 2.75) is 50.9 Å². The monoisotopic (exact) mass is 599 g/mol. The van der Waals surface area contributed by atoms with Gasteiger partial charge in [0.15, 0.2) is 0 Å². The normalized spacial score (nSPS) is 16.7. The zero-order valence-electron chi connectivity index (χ0n) is 23.7. The number of nitrogens with one attached hydrogen (secondary N) is 2. The first-order valence-electron chi connectivity index (χ1n) is 13.4. The van der Waals surface area contributed by atoms with E-state index in [1.165, 1.54) is 41.5 Å². The van der Waals surface area contributed by atoms with E-state index in [9.17, 15) is 23.1 Å². The van der Waals surface area contributed by atoms with Crippen LogP contribution in [0.4, 0.5) is 5.69 Å². The number of anilines is 1. The van der Waals surface area contributed by atoms with E-state index in [2.05, 4.69) is 15.6 Å². The van der Waals surface area contributed by atoms with Gasteiger partial charge in [-0.25, -0.2) is 13.4 Å². The van der Waals surface area contributed by atoms with Crippen molar-refractivity contribution in [1.29, 1.82) is 0 Å². The van der Waals surface area contributed by atoms with E-state index in [0.29, 0.717) is 6.42 Å². The number of carbonyl (C=O) groups excluding carboxylic acids is 2. The van der Waals surface area contributed by atoms with Crippen molar-refractivity contribution >= 4 is 38.9 Å². The number of aromatic nitrogens is 1. The lowest BCUT2D eigenvalue weighted by molar-refractivity contribution is 0.0737. The van der Waals surface area contributed by atoms with Crippen LogP contribution in [-0.4, -0.2) is 80.3 Å². The molecular formula is C29H37N5O5S2. The summed E-state index contributed by atoms with van der Waals surface area (Å²) in [5.41, 5.74) is 2.28. The van der Waals surface area contributed by atoms with E-state index in [1.807, 2.05) is 42.6 Å². The number of hydrogen-bond donors (Lipinski definition) is 3. The molecule has 12 heteroatoms. The Labute approximate surface area is 245 Å². The summed E-state index contributed by atoms with van der Waals surface area (Å²) >= 11 is 1.44. The Morgan fingerprint density at radius 1 is 1.17 bits per heavy atom. The second kappa shape index (κ2) is 13.1. The molecule has 1 fully saturated rings. The summed E-state index contributed by atoms with van der Waals surface area (Å²) in [4.78, 5) is 33.0. The van der Waals surface area contributed by atoms with Crippen molar-refractivity contribution in [2.75, 3.05) is 31.2 Å². The van der Waals surface area contributed by atoms with Gasteiger partial charge in [0.2, 0.25) is 10.0 Å². The highest BCUT2D eigenvalue weighted by atomic mass is 32.2. The summed E-state index contributed by atoms with van der Waals surface area (Å²) < 4.78 is 25.8. The molecule has 41 heavy (non-hydrogen) atoms. The van der Waals surface area contributed by atoms with Gasteiger partial charge in [-0.2, -0.15) is 0 Å². The Bertz CT molecular complexity index is 1470. The number of aliphatic hydroxyl groups is 1. The Morgan fingerprint density at radius 2 is 1.88 bits per heavy atom. The molecule has 10 nitrogen and oxygen atoms in total. The third kappa shape index (κ3) is 7.91. The van der Waals surface area contributed by atoms with Gasteiger partial charge in [0.05, 0.1) is 30.6 Å². The minimum atomic E-state index is -3.67. The first-order valence-corrected chi connectivity index (χ1v) is 16.2. The summed E-state index contributed by atoms with van der Waals surface area (Å²) in [6.45, 7) is 2.94. The Kier molecular flexibility index (Phi) is 9.80. The minimum Gasteiger partial charge on any atom is -0.389 e. The molecule has 0 bridgehead atoms. The van der Waals surface area contributed by atoms with Crippen LogP contribution in [0.3, 0.4) is 0 Å². The number of carbonyl (C=O) groups is 2. The number of hydrogen-bond acceptors (Lipinski definition) is 8. The summed E-state index contributed by atoms with van der Waals surface area (Å²) in [7, 11) is -0.672. The van der Waals surface area contributed by atoms with Gasteiger partial charge in [0.25, 0.3) is 11.8 Å². The lowest BCUT2D eigenvalue weighted by Crippen LogP contribution is -2.52. The third-order valence-corrected chi connectivity index (χ3v) is 9.37. The van der Waals surface area contributed by atoms with Crippen LogP contribution >= 0.6 is 11.3 Å². The molecule has 0 saturated carbocycles. The molecule has 4 rings (SSSR count). The predicted octanol–water partition coefficient (Wildman–Crippen LogP) is 2.57. The smallest absolute Gasteiger partial charge is 0.254 e. The standard InChI is InChI=1S/C29H37N5O5S2/c1-19-18-40-26(31-19)17-33(2)29(37)22-14-21(15-23(16-22)34(3)41(4,38)39)28(36)32-25(13-20-9-6-5-7-10-20)27(35)24-11-8-12-30-24/h5-7,9-10,14-16,18,24-25,27,30,35H,8,11-13,17H2,1-4H3,(H,32,36)/t24-,25+,27-/m1/s1. The van der Waals surface area contributed by atoms with Crippen LogP contribution in [0.15, 0.2) is 53.9 Å². The van der Waals surface area contributed by atoms with Crippen LogP contribution in [0, 0.1) is 6.92 Å². The molecule has 1 saturated heterocycles. The summed E-state index contributed by atoms with van der Waals surface area (Å²) in [6, 6.07) is 13.2. The van der Waals surface area contributed by atoms with Gasteiger partial charge in [-0.3, -0.25) is 13.9 Å². The highest BCUT2D eigenvalue weighted by Gasteiger charge is 2.31. The number of aryl methyl sites for hydroxylation is 1. The number of benzene rings is 2. The topological polar surface area (TPSA) is 132 Å². The molecule has 1 aromatic heterocycles. The van der Waals surface area contributed by atoms with Gasteiger partial charge in [-0.05, 0) is 56.5 Å². The molecule has 1 aliphatic heterocycles. The van der Waals surface area contributed by atoms with E-state index in [1.54, 1.807) is 7.05 Å². The highest BCUT2D eigenvalue weighted by Crippen LogP contribution is 2.23. The third-order valence-electron chi connectivity index (χ3n) is 7.21. The minimum absolute atomic E-state index is 0.115. The second-order valence-electron chi connectivity index (χ2n) is 10.5. The lowest BCUT2D eigenvalue weighted by atomic mass is 9.95. The predicted molar refractivity (Wildman–Crippen MR) is 161 cm³/mol. The fraction of sp³-hybridized carbons (Fsp3) is 0.414. The maximum Gasteiger partial charge on any atom is 0.254 e. The number of nitrogens with zero attached hydrogens (tertiary/aromatic N) is 3. The van der Waals surface area contributed by atoms with Crippen LogP contribution in [-0.2, 0) is 23.0 Å². The molecule has 3 aromatic rings. The molecular weight excluding hydrogens is 562 g/mol. The van der Waals surface area contributed by atoms with Crippen molar-refractivity contribution in [2.24, 2.45) is 0 Å². The summed E-state index contributed by atoms with van der Waals surface area (Å²) in [5, 5.41) is 20.2. The van der Waals surface area contributed by atoms with Gasteiger partial charge < -0.3 is 20.6 Å². The molecule has 2 heterocycles. The summed E-state index contributed by atoms with van der Waals surface area (Å²) in [5.74, 6) is -0.898. The van der Waals surface area contributed by atoms with E-state index in [4.69, 9.17) is 0 Å². The first kappa shape index (κ1) is 30.6. The number of aliphatic hydroxyl groups excluding tert-OH is 1. The zero-order chi connectivity index (χ0) is 29.7. The molecule has 0 aliphatic carbocycles. The van der Waals surface area contributed by atoms with E-state index in [-0.39, 0.29) is 35.3 Å². The molecule has 1 aliphatic rings. The number of thiazole rings is 1. The van der Waals surface area contributed by atoms with Crippen LogP contribution in [0.1, 0.15) is 49.8 Å². The lowest BCUT2D eigenvalue weighted by Gasteiger charge is -2.29. The number of amides is 2. The maximum atomic E-state index is 13.7. The fourth-order valence-electron chi connectivity index (χ4n) is 4.87. The quantitative estimate of drug-likeness (QED) is 0.309. The van der Waals surface area contributed by atoms with E-state index >= 15 is 0 Å². The van der Waals surface area contributed by atoms with Crippen LogP contribution < -0.4 is 14.9 Å². The van der Waals surface area contributed by atoms with Gasteiger partial charge >= 0.3 is 0 Å². The molecule has 0 radical (unpaired) electrons. The van der Waals surface area contributed by atoms with Gasteiger partial charge in [0.1, 0.15) is 5.01 Å². The van der Waals surface area contributed by atoms with E-state index < -0.39 is 28.1 Å². The molecule has 220 valence electrons. The number of rotatable bonds is 11. The molecule has 0 unspecified atom stereocenters. The van der Waals surface area contributed by atoms with Gasteiger partial charge in [-0.15, -0.1) is 11.3 Å². The summed E-state index contributed by atoms with van der Waals surface area (Å²) in [6.07, 6.45) is 2.33. The average Bonchev–Trinajstić information content (AvgIpc) is 3.63. The van der Waals surface area contributed by atoms with Crippen molar-refractivity contribution in [3.05, 3.63) is 81.3 Å². The molecule has 0 spiro atoms. The van der Waals surface area contributed by atoms with Crippen molar-refractivity contribution in [1.82, 2.24) is 20.5 Å². The van der Waals surface area contributed by atoms with Crippen molar-refractivity contribution in [3.63, 3.8) is 0 Å². The zero-order valence-corrected chi connectivity index (χ0v) is 25.3. The molecule has 2 aromatic carbocycles.